The van der Waals surface area contributed by atoms with Crippen molar-refractivity contribution in [1.29, 1.82) is 0 Å². The number of benzene rings is 1. The molecule has 16 heavy (non-hydrogen) atoms. The van der Waals surface area contributed by atoms with Gasteiger partial charge in [-0.3, -0.25) is 0 Å². The molecule has 0 radical (unpaired) electrons. The Hall–Kier alpha value is -0.280. The number of hydrogen-bond donors (Lipinski definition) is 1. The molecule has 0 saturated carbocycles. The molecule has 0 amide bonds. The van der Waals surface area contributed by atoms with E-state index in [1.807, 2.05) is 20.8 Å². The fraction of sp³-hybridized carbons (Fsp3) is 0.500. The third kappa shape index (κ3) is 3.11. The van der Waals surface area contributed by atoms with Crippen molar-refractivity contribution in [1.82, 2.24) is 0 Å². The maximum absolute atomic E-state index is 6.16. The number of hydrogen-bond acceptors (Lipinski definition) is 2. The highest BCUT2D eigenvalue weighted by Crippen LogP contribution is 2.32. The molecule has 2 N–H and O–H groups in total. The Morgan fingerprint density at radius 1 is 1.38 bits per heavy atom. The lowest BCUT2D eigenvalue weighted by molar-refractivity contribution is -0.0297. The lowest BCUT2D eigenvalue weighted by atomic mass is 9.92. The lowest BCUT2D eigenvalue weighted by Gasteiger charge is -2.32. The van der Waals surface area contributed by atoms with Gasteiger partial charge in [-0.25, -0.2) is 0 Å². The SMILES string of the molecule is CCOC(C)(C)C(N)c1cc(Cl)ccc1Cl. The molecule has 1 aromatic rings. The van der Waals surface area contributed by atoms with Gasteiger partial charge in [0.05, 0.1) is 11.6 Å². The van der Waals surface area contributed by atoms with Gasteiger partial charge in [-0.1, -0.05) is 23.2 Å². The van der Waals surface area contributed by atoms with Crippen LogP contribution < -0.4 is 5.73 Å². The number of halogens is 2. The molecule has 0 saturated heterocycles. The average molecular weight is 262 g/mol. The molecule has 0 heterocycles. The molecule has 0 aliphatic carbocycles. The van der Waals surface area contributed by atoms with Gasteiger partial charge in [0.2, 0.25) is 0 Å². The topological polar surface area (TPSA) is 35.2 Å². The summed E-state index contributed by atoms with van der Waals surface area (Å²) in [6, 6.07) is 4.98. The molecule has 0 spiro atoms. The van der Waals surface area contributed by atoms with Crippen molar-refractivity contribution < 1.29 is 4.74 Å². The Bertz CT molecular complexity index is 366. The zero-order chi connectivity index (χ0) is 12.3. The highest BCUT2D eigenvalue weighted by Gasteiger charge is 2.29. The zero-order valence-corrected chi connectivity index (χ0v) is 11.3. The molecule has 2 nitrogen and oxygen atoms in total. The van der Waals surface area contributed by atoms with Crippen molar-refractivity contribution in [2.24, 2.45) is 5.73 Å². The van der Waals surface area contributed by atoms with Gasteiger partial charge < -0.3 is 10.5 Å². The molecule has 1 rings (SSSR count). The zero-order valence-electron chi connectivity index (χ0n) is 9.76. The number of rotatable bonds is 4. The molecule has 0 fully saturated rings. The molecule has 1 aromatic carbocycles. The van der Waals surface area contributed by atoms with Gasteiger partial charge in [0.25, 0.3) is 0 Å². The van der Waals surface area contributed by atoms with Gasteiger partial charge in [0.15, 0.2) is 0 Å². The van der Waals surface area contributed by atoms with E-state index >= 15 is 0 Å². The first-order chi connectivity index (χ1) is 7.38. The van der Waals surface area contributed by atoms with Crippen molar-refractivity contribution in [3.63, 3.8) is 0 Å². The molecule has 1 unspecified atom stereocenters. The Kier molecular flexibility index (Phi) is 4.62. The summed E-state index contributed by atoms with van der Waals surface area (Å²) < 4.78 is 5.61. The number of ether oxygens (including phenoxy) is 1. The van der Waals surface area contributed by atoms with Gasteiger partial charge in [-0.05, 0) is 44.5 Å². The van der Waals surface area contributed by atoms with Crippen molar-refractivity contribution in [2.45, 2.75) is 32.4 Å². The molecular weight excluding hydrogens is 245 g/mol. The summed E-state index contributed by atoms with van der Waals surface area (Å²) in [5.41, 5.74) is 6.50. The van der Waals surface area contributed by atoms with E-state index < -0.39 is 5.60 Å². The first kappa shape index (κ1) is 13.8. The highest BCUT2D eigenvalue weighted by atomic mass is 35.5. The van der Waals surface area contributed by atoms with Crippen LogP contribution in [0.1, 0.15) is 32.4 Å². The maximum Gasteiger partial charge on any atom is 0.0818 e. The standard InChI is InChI=1S/C12H17Cl2NO/c1-4-16-12(2,3)11(15)9-7-8(13)5-6-10(9)14/h5-7,11H,4,15H2,1-3H3. The third-order valence-corrected chi connectivity index (χ3v) is 3.14. The van der Waals surface area contributed by atoms with Crippen molar-refractivity contribution >= 4 is 23.2 Å². The van der Waals surface area contributed by atoms with Crippen LogP contribution in [0.5, 0.6) is 0 Å². The van der Waals surface area contributed by atoms with E-state index in [2.05, 4.69) is 0 Å². The van der Waals surface area contributed by atoms with Crippen LogP contribution in [0, 0.1) is 0 Å². The van der Waals surface area contributed by atoms with E-state index in [1.54, 1.807) is 18.2 Å². The van der Waals surface area contributed by atoms with Crippen LogP contribution in [0.2, 0.25) is 10.0 Å². The van der Waals surface area contributed by atoms with Crippen molar-refractivity contribution in [3.05, 3.63) is 33.8 Å². The third-order valence-electron chi connectivity index (χ3n) is 2.56. The maximum atomic E-state index is 6.16. The first-order valence-corrected chi connectivity index (χ1v) is 5.98. The Morgan fingerprint density at radius 2 is 2.00 bits per heavy atom. The summed E-state index contributed by atoms with van der Waals surface area (Å²) in [6.45, 7) is 6.43. The summed E-state index contributed by atoms with van der Waals surface area (Å²) in [5, 5.41) is 1.24. The normalized spacial score (nSPS) is 13.9. The summed E-state index contributed by atoms with van der Waals surface area (Å²) in [6.07, 6.45) is 0. The van der Waals surface area contributed by atoms with Crippen LogP contribution >= 0.6 is 23.2 Å². The van der Waals surface area contributed by atoms with Gasteiger partial charge in [-0.15, -0.1) is 0 Å². The Labute approximate surface area is 107 Å². The second-order valence-corrected chi connectivity index (χ2v) is 5.02. The van der Waals surface area contributed by atoms with Crippen LogP contribution in [0.3, 0.4) is 0 Å². The van der Waals surface area contributed by atoms with Crippen LogP contribution in [0.4, 0.5) is 0 Å². The molecular formula is C12H17Cl2NO. The van der Waals surface area contributed by atoms with Crippen LogP contribution in [-0.2, 0) is 4.74 Å². The van der Waals surface area contributed by atoms with Crippen LogP contribution in [0.25, 0.3) is 0 Å². The summed E-state index contributed by atoms with van der Waals surface area (Å²) in [7, 11) is 0. The molecule has 0 aromatic heterocycles. The van der Waals surface area contributed by atoms with Crippen molar-refractivity contribution in [3.8, 4) is 0 Å². The molecule has 4 heteroatoms. The fourth-order valence-corrected chi connectivity index (χ4v) is 2.00. The predicted octanol–water partition coefficient (Wildman–Crippen LogP) is 3.81. The van der Waals surface area contributed by atoms with E-state index in [4.69, 9.17) is 33.7 Å². The minimum atomic E-state index is -0.469. The number of nitrogens with two attached hydrogens (primary N) is 1. The molecule has 0 aliphatic heterocycles. The highest BCUT2D eigenvalue weighted by molar-refractivity contribution is 6.33. The smallest absolute Gasteiger partial charge is 0.0818 e. The Balaban J connectivity index is 3.03. The minimum absolute atomic E-state index is 0.307. The average Bonchev–Trinajstić information content (AvgIpc) is 2.20. The van der Waals surface area contributed by atoms with E-state index in [1.165, 1.54) is 0 Å². The summed E-state index contributed by atoms with van der Waals surface area (Å²) in [5.74, 6) is 0. The van der Waals surface area contributed by atoms with E-state index in [-0.39, 0.29) is 6.04 Å². The van der Waals surface area contributed by atoms with Gasteiger partial charge in [0.1, 0.15) is 0 Å². The first-order valence-electron chi connectivity index (χ1n) is 5.23. The lowest BCUT2D eigenvalue weighted by Crippen LogP contribution is -2.38. The van der Waals surface area contributed by atoms with Crippen molar-refractivity contribution in [2.75, 3.05) is 6.61 Å². The summed E-state index contributed by atoms with van der Waals surface area (Å²) >= 11 is 12.0. The monoisotopic (exact) mass is 261 g/mol. The van der Waals surface area contributed by atoms with Gasteiger partial charge >= 0.3 is 0 Å². The molecule has 0 bridgehead atoms. The molecule has 1 atom stereocenters. The quantitative estimate of drug-likeness (QED) is 0.895. The minimum Gasteiger partial charge on any atom is -0.374 e. The Morgan fingerprint density at radius 3 is 2.56 bits per heavy atom. The van der Waals surface area contributed by atoms with Gasteiger partial charge in [-0.2, -0.15) is 0 Å². The van der Waals surface area contributed by atoms with E-state index in [0.29, 0.717) is 16.7 Å². The van der Waals surface area contributed by atoms with E-state index in [9.17, 15) is 0 Å². The van der Waals surface area contributed by atoms with E-state index in [0.717, 1.165) is 5.56 Å². The second-order valence-electron chi connectivity index (χ2n) is 4.18. The fourth-order valence-electron chi connectivity index (χ4n) is 1.59. The van der Waals surface area contributed by atoms with Crippen LogP contribution in [0.15, 0.2) is 18.2 Å². The predicted molar refractivity (Wildman–Crippen MR) is 69.1 cm³/mol. The molecule has 90 valence electrons. The van der Waals surface area contributed by atoms with Crippen LogP contribution in [-0.4, -0.2) is 12.2 Å². The van der Waals surface area contributed by atoms with Gasteiger partial charge in [0, 0.05) is 16.7 Å². The molecule has 0 aliphatic rings. The largest absolute Gasteiger partial charge is 0.374 e. The summed E-state index contributed by atoms with van der Waals surface area (Å²) in [4.78, 5) is 0. The second kappa shape index (κ2) is 5.37.